The van der Waals surface area contributed by atoms with E-state index in [1.165, 1.54) is 35.5 Å². The first-order valence-corrected chi connectivity index (χ1v) is 15.7. The molecule has 2 aromatic heterocycles. The van der Waals surface area contributed by atoms with Gasteiger partial charge in [0.05, 0.1) is 15.7 Å². The number of aryl methyl sites for hydroxylation is 1. The van der Waals surface area contributed by atoms with E-state index in [4.69, 9.17) is 23.2 Å². The number of carbonyl (C=O) groups is 2. The van der Waals surface area contributed by atoms with Crippen LogP contribution in [0.4, 0.5) is 35.2 Å². The number of hydrogen-bond donors (Lipinski definition) is 2. The molecule has 3 heterocycles. The zero-order chi connectivity index (χ0) is 34.4. The van der Waals surface area contributed by atoms with Crippen molar-refractivity contribution in [3.8, 4) is 16.9 Å². The van der Waals surface area contributed by atoms with E-state index in [1.807, 2.05) is 0 Å². The van der Waals surface area contributed by atoms with Gasteiger partial charge in [-0.25, -0.2) is 9.48 Å². The van der Waals surface area contributed by atoms with E-state index in [9.17, 15) is 27.6 Å². The van der Waals surface area contributed by atoms with Crippen LogP contribution in [0.1, 0.15) is 30.1 Å². The van der Waals surface area contributed by atoms with Crippen LogP contribution in [-0.4, -0.2) is 64.1 Å². The second-order valence-electron chi connectivity index (χ2n) is 10.8. The third-order valence-corrected chi connectivity index (χ3v) is 8.03. The molecule has 48 heavy (non-hydrogen) atoms. The molecule has 1 aliphatic rings. The van der Waals surface area contributed by atoms with E-state index in [0.717, 1.165) is 36.7 Å². The largest absolute Gasteiger partial charge is 0.573 e. The standard InChI is InChI=1S/C32H30Cl2F3N7O4/c1-2-44-30(46)26(39-31(47)40-28-24(33)18-38-19-25(28)34)17-27(41-44)43(13-12-42-10-6-7-11-42)29(45)22-14-21(20-8-4-3-5-9-20)15-23(16-22)48-32(35,36)37/h3-5,8-9,14-19H,2,6-7,10-13H2,1H3,(H2,38,39,40,47). The predicted molar refractivity (Wildman–Crippen MR) is 177 cm³/mol. The fourth-order valence-corrected chi connectivity index (χ4v) is 5.66. The molecule has 0 spiro atoms. The van der Waals surface area contributed by atoms with Gasteiger partial charge in [-0.15, -0.1) is 13.2 Å². The minimum Gasteiger partial charge on any atom is -0.406 e. The van der Waals surface area contributed by atoms with Gasteiger partial charge >= 0.3 is 12.4 Å². The molecule has 252 valence electrons. The number of hydrogen-bond acceptors (Lipinski definition) is 7. The van der Waals surface area contributed by atoms with Crippen LogP contribution in [0, 0.1) is 0 Å². The Balaban J connectivity index is 1.55. The van der Waals surface area contributed by atoms with Crippen LogP contribution in [0.2, 0.25) is 10.0 Å². The average molecular weight is 705 g/mol. The number of ether oxygens (including phenoxy) is 1. The summed E-state index contributed by atoms with van der Waals surface area (Å²) in [6, 6.07) is 12.6. The van der Waals surface area contributed by atoms with Crippen LogP contribution in [0.5, 0.6) is 5.75 Å². The molecule has 0 atom stereocenters. The minimum atomic E-state index is -5.00. The first-order valence-electron chi connectivity index (χ1n) is 14.9. The highest BCUT2D eigenvalue weighted by molar-refractivity contribution is 6.39. The number of carbonyl (C=O) groups excluding carboxylic acids is 2. The second-order valence-corrected chi connectivity index (χ2v) is 11.6. The maximum Gasteiger partial charge on any atom is 0.573 e. The predicted octanol–water partition coefficient (Wildman–Crippen LogP) is 6.92. The lowest BCUT2D eigenvalue weighted by atomic mass is 10.0. The Hall–Kier alpha value is -4.66. The Kier molecular flexibility index (Phi) is 10.9. The van der Waals surface area contributed by atoms with Crippen molar-refractivity contribution in [2.75, 3.05) is 41.7 Å². The number of alkyl halides is 3. The Labute approximate surface area is 283 Å². The van der Waals surface area contributed by atoms with Crippen LogP contribution in [-0.2, 0) is 6.54 Å². The number of likely N-dealkylation sites (tertiary alicyclic amines) is 1. The van der Waals surface area contributed by atoms with Crippen molar-refractivity contribution in [3.63, 3.8) is 0 Å². The van der Waals surface area contributed by atoms with Gasteiger partial charge in [0.2, 0.25) is 0 Å². The summed E-state index contributed by atoms with van der Waals surface area (Å²) in [4.78, 5) is 47.8. The molecule has 1 fully saturated rings. The van der Waals surface area contributed by atoms with Crippen molar-refractivity contribution >= 4 is 52.3 Å². The third kappa shape index (κ3) is 8.62. The molecule has 0 radical (unpaired) electrons. The van der Waals surface area contributed by atoms with Crippen molar-refractivity contribution in [1.82, 2.24) is 19.7 Å². The summed E-state index contributed by atoms with van der Waals surface area (Å²) in [5.41, 5.74) is -0.0525. The molecule has 0 unspecified atom stereocenters. The van der Waals surface area contributed by atoms with Crippen molar-refractivity contribution in [3.05, 3.63) is 93.0 Å². The number of pyridine rings is 1. The number of halogens is 5. The summed E-state index contributed by atoms with van der Waals surface area (Å²) in [6.07, 6.45) is -0.480. The molecule has 11 nitrogen and oxygen atoms in total. The fraction of sp³-hybridized carbons (Fsp3) is 0.281. The quantitative estimate of drug-likeness (QED) is 0.184. The van der Waals surface area contributed by atoms with Crippen molar-refractivity contribution in [1.29, 1.82) is 0 Å². The molecule has 2 N–H and O–H groups in total. The summed E-state index contributed by atoms with van der Waals surface area (Å²) in [6.45, 7) is 3.84. The summed E-state index contributed by atoms with van der Waals surface area (Å²) in [5, 5.41) is 9.45. The number of aromatic nitrogens is 3. The summed E-state index contributed by atoms with van der Waals surface area (Å²) in [5.74, 6) is -1.29. The molecule has 16 heteroatoms. The summed E-state index contributed by atoms with van der Waals surface area (Å²) in [7, 11) is 0. The smallest absolute Gasteiger partial charge is 0.406 e. The lowest BCUT2D eigenvalue weighted by Crippen LogP contribution is -2.40. The number of nitrogens with zero attached hydrogens (tertiary/aromatic N) is 5. The van der Waals surface area contributed by atoms with Crippen LogP contribution in [0.25, 0.3) is 11.1 Å². The molecule has 3 amide bonds. The minimum absolute atomic E-state index is 0.0145. The van der Waals surface area contributed by atoms with Gasteiger partial charge in [-0.2, -0.15) is 5.10 Å². The average Bonchev–Trinajstić information content (AvgIpc) is 3.57. The molecule has 0 saturated carbocycles. The van der Waals surface area contributed by atoms with Crippen molar-refractivity contribution in [2.45, 2.75) is 32.7 Å². The Bertz CT molecular complexity index is 1830. The van der Waals surface area contributed by atoms with Gasteiger partial charge in [0.25, 0.3) is 11.5 Å². The first-order chi connectivity index (χ1) is 22.9. The molecule has 5 rings (SSSR count). The molecule has 1 saturated heterocycles. The van der Waals surface area contributed by atoms with E-state index < -0.39 is 29.6 Å². The zero-order valence-corrected chi connectivity index (χ0v) is 27.1. The van der Waals surface area contributed by atoms with Crippen molar-refractivity contribution in [2.24, 2.45) is 0 Å². The lowest BCUT2D eigenvalue weighted by molar-refractivity contribution is -0.274. The van der Waals surface area contributed by atoms with Crippen LogP contribution < -0.4 is 25.8 Å². The molecular weight excluding hydrogens is 674 g/mol. The van der Waals surface area contributed by atoms with Crippen LogP contribution in [0.3, 0.4) is 0 Å². The molecule has 4 aromatic rings. The Morgan fingerprint density at radius 3 is 2.31 bits per heavy atom. The number of rotatable bonds is 10. The number of anilines is 3. The number of benzene rings is 2. The lowest BCUT2D eigenvalue weighted by Gasteiger charge is -2.26. The first kappa shape index (κ1) is 34.7. The highest BCUT2D eigenvalue weighted by Gasteiger charge is 2.32. The van der Waals surface area contributed by atoms with Crippen LogP contribution >= 0.6 is 23.2 Å². The van der Waals surface area contributed by atoms with Gasteiger partial charge in [0, 0.05) is 43.7 Å². The Morgan fingerprint density at radius 1 is 0.979 bits per heavy atom. The molecule has 2 aromatic carbocycles. The maximum absolute atomic E-state index is 14.3. The number of nitrogens with one attached hydrogen (secondary N) is 2. The Morgan fingerprint density at radius 2 is 1.67 bits per heavy atom. The van der Waals surface area contributed by atoms with E-state index in [0.29, 0.717) is 17.7 Å². The maximum atomic E-state index is 14.3. The zero-order valence-electron chi connectivity index (χ0n) is 25.6. The van der Waals surface area contributed by atoms with Gasteiger partial charge in [0.15, 0.2) is 5.82 Å². The van der Waals surface area contributed by atoms with Crippen molar-refractivity contribution < 1.29 is 27.5 Å². The van der Waals surface area contributed by atoms with E-state index in [1.54, 1.807) is 37.3 Å². The van der Waals surface area contributed by atoms with Gasteiger partial charge in [0.1, 0.15) is 11.4 Å². The van der Waals surface area contributed by atoms with Gasteiger partial charge in [-0.05, 0) is 62.2 Å². The molecule has 0 bridgehead atoms. The highest BCUT2D eigenvalue weighted by atomic mass is 35.5. The summed E-state index contributed by atoms with van der Waals surface area (Å²) >= 11 is 12.2. The monoisotopic (exact) mass is 703 g/mol. The normalized spacial score (nSPS) is 13.3. The number of urea groups is 1. The van der Waals surface area contributed by atoms with Gasteiger partial charge < -0.3 is 20.3 Å². The van der Waals surface area contributed by atoms with Gasteiger partial charge in [-0.3, -0.25) is 19.5 Å². The topological polar surface area (TPSA) is 122 Å². The molecule has 0 aliphatic carbocycles. The molecular formula is C32H30Cl2F3N7O4. The fourth-order valence-electron chi connectivity index (χ4n) is 5.20. The van der Waals surface area contributed by atoms with Gasteiger partial charge in [-0.1, -0.05) is 53.5 Å². The second kappa shape index (κ2) is 15.0. The molecule has 1 aliphatic heterocycles. The van der Waals surface area contributed by atoms with E-state index in [-0.39, 0.29) is 45.9 Å². The highest BCUT2D eigenvalue weighted by Crippen LogP contribution is 2.32. The van der Waals surface area contributed by atoms with Crippen LogP contribution in [0.15, 0.2) is 71.8 Å². The summed E-state index contributed by atoms with van der Waals surface area (Å²) < 4.78 is 45.4. The third-order valence-electron chi connectivity index (χ3n) is 7.46. The van der Waals surface area contributed by atoms with E-state index >= 15 is 0 Å². The number of amides is 3. The van der Waals surface area contributed by atoms with E-state index in [2.05, 4.69) is 30.4 Å². The SMILES string of the molecule is CCn1nc(N(CCN2CCCC2)C(=O)c2cc(OC(F)(F)F)cc(-c3ccccc3)c2)cc(NC(=O)Nc2c(Cl)cncc2Cl)c1=O.